The molecule has 1 aliphatic heterocycles. The van der Waals surface area contributed by atoms with Crippen LogP contribution in [0.3, 0.4) is 0 Å². The predicted octanol–water partition coefficient (Wildman–Crippen LogP) is 2.64. The standard InChI is InChI=1S/C21H30N6O2.HI/c1-14-18(15(2)27(4)26-14)13-24-21(22-3)23-12-16-7-5-8-17(11-16)25-20(28)19-9-6-10-29-19;/h5,7-8,11,19H,6,9-10,12-13H2,1-4H3,(H,25,28)(H2,22,23,24);1H. The molecule has 1 aromatic heterocycles. The molecule has 3 N–H and O–H groups in total. The summed E-state index contributed by atoms with van der Waals surface area (Å²) in [5.41, 5.74) is 5.15. The van der Waals surface area contributed by atoms with Crippen molar-refractivity contribution < 1.29 is 9.53 Å². The Morgan fingerprint density at radius 3 is 2.70 bits per heavy atom. The van der Waals surface area contributed by atoms with Crippen LogP contribution in [0.2, 0.25) is 0 Å². The second-order valence-electron chi connectivity index (χ2n) is 7.24. The SMILES string of the molecule is CN=C(NCc1cccc(NC(=O)C2CCCO2)c1)NCc1c(C)nn(C)c1C.I. The summed E-state index contributed by atoms with van der Waals surface area (Å²) < 4.78 is 7.33. The fourth-order valence-corrected chi connectivity index (χ4v) is 3.42. The molecule has 1 aromatic carbocycles. The number of anilines is 1. The topological polar surface area (TPSA) is 92.6 Å². The van der Waals surface area contributed by atoms with Gasteiger partial charge < -0.3 is 20.7 Å². The van der Waals surface area contributed by atoms with Gasteiger partial charge in [0.2, 0.25) is 0 Å². The molecule has 0 radical (unpaired) electrons. The van der Waals surface area contributed by atoms with E-state index < -0.39 is 0 Å². The van der Waals surface area contributed by atoms with Crippen LogP contribution in [0.25, 0.3) is 0 Å². The van der Waals surface area contributed by atoms with Crippen LogP contribution in [0.1, 0.15) is 35.4 Å². The zero-order valence-corrected chi connectivity index (χ0v) is 20.3. The van der Waals surface area contributed by atoms with Gasteiger partial charge in [-0.2, -0.15) is 5.10 Å². The molecule has 30 heavy (non-hydrogen) atoms. The average molecular weight is 526 g/mol. The third-order valence-electron chi connectivity index (χ3n) is 5.19. The summed E-state index contributed by atoms with van der Waals surface area (Å²) in [6.45, 7) is 5.98. The molecule has 8 nitrogen and oxygen atoms in total. The van der Waals surface area contributed by atoms with E-state index in [1.54, 1.807) is 7.05 Å². The van der Waals surface area contributed by atoms with Crippen LogP contribution in [-0.2, 0) is 29.7 Å². The monoisotopic (exact) mass is 526 g/mol. The van der Waals surface area contributed by atoms with Gasteiger partial charge in [0.05, 0.1) is 5.69 Å². The number of nitrogens with one attached hydrogen (secondary N) is 3. The number of hydrogen-bond donors (Lipinski definition) is 3. The van der Waals surface area contributed by atoms with Crippen LogP contribution in [0.5, 0.6) is 0 Å². The Hall–Kier alpha value is -2.14. The van der Waals surface area contributed by atoms with E-state index in [2.05, 4.69) is 33.0 Å². The molecular formula is C21H31IN6O2. The number of benzene rings is 1. The first-order chi connectivity index (χ1) is 14.0. The summed E-state index contributed by atoms with van der Waals surface area (Å²) >= 11 is 0. The van der Waals surface area contributed by atoms with Gasteiger partial charge in [-0.15, -0.1) is 24.0 Å². The molecule has 9 heteroatoms. The largest absolute Gasteiger partial charge is 0.368 e. The van der Waals surface area contributed by atoms with E-state index in [4.69, 9.17) is 4.74 Å². The third-order valence-corrected chi connectivity index (χ3v) is 5.19. The maximum atomic E-state index is 12.2. The molecule has 0 saturated carbocycles. The van der Waals surface area contributed by atoms with Gasteiger partial charge in [-0.25, -0.2) is 0 Å². The van der Waals surface area contributed by atoms with Gasteiger partial charge in [-0.1, -0.05) is 12.1 Å². The molecular weight excluding hydrogens is 495 g/mol. The highest BCUT2D eigenvalue weighted by Crippen LogP contribution is 2.16. The molecule has 1 saturated heterocycles. The summed E-state index contributed by atoms with van der Waals surface area (Å²) in [4.78, 5) is 16.5. The molecule has 1 fully saturated rings. The zero-order chi connectivity index (χ0) is 20.8. The number of halogens is 1. The van der Waals surface area contributed by atoms with Crippen molar-refractivity contribution in [3.8, 4) is 0 Å². The minimum Gasteiger partial charge on any atom is -0.368 e. The molecule has 1 aliphatic rings. The molecule has 0 spiro atoms. The van der Waals surface area contributed by atoms with E-state index in [-0.39, 0.29) is 36.0 Å². The summed E-state index contributed by atoms with van der Waals surface area (Å²) in [7, 11) is 3.69. The van der Waals surface area contributed by atoms with Crippen LogP contribution in [-0.4, -0.2) is 41.4 Å². The minimum absolute atomic E-state index is 0. The van der Waals surface area contributed by atoms with Crippen molar-refractivity contribution in [1.29, 1.82) is 0 Å². The molecule has 1 atom stereocenters. The van der Waals surface area contributed by atoms with Crippen molar-refractivity contribution in [2.24, 2.45) is 12.0 Å². The lowest BCUT2D eigenvalue weighted by molar-refractivity contribution is -0.124. The van der Waals surface area contributed by atoms with Crippen LogP contribution in [0, 0.1) is 13.8 Å². The number of ether oxygens (including phenoxy) is 1. The molecule has 2 aromatic rings. The number of guanidine groups is 1. The van der Waals surface area contributed by atoms with Crippen molar-refractivity contribution >= 4 is 41.5 Å². The highest BCUT2D eigenvalue weighted by Gasteiger charge is 2.23. The van der Waals surface area contributed by atoms with Crippen LogP contribution in [0.15, 0.2) is 29.3 Å². The predicted molar refractivity (Wildman–Crippen MR) is 129 cm³/mol. The second-order valence-corrected chi connectivity index (χ2v) is 7.24. The number of rotatable bonds is 6. The highest BCUT2D eigenvalue weighted by molar-refractivity contribution is 14.0. The molecule has 2 heterocycles. The fraction of sp³-hybridized carbons (Fsp3) is 0.476. The lowest BCUT2D eigenvalue weighted by Crippen LogP contribution is -2.36. The van der Waals surface area contributed by atoms with Gasteiger partial charge in [0.25, 0.3) is 5.91 Å². The molecule has 3 rings (SSSR count). The summed E-state index contributed by atoms with van der Waals surface area (Å²) in [5, 5.41) is 14.0. The van der Waals surface area contributed by atoms with E-state index in [0.29, 0.717) is 25.7 Å². The Morgan fingerprint density at radius 2 is 2.07 bits per heavy atom. The third kappa shape index (κ3) is 6.18. The van der Waals surface area contributed by atoms with Crippen LogP contribution < -0.4 is 16.0 Å². The normalized spacial score (nSPS) is 16.1. The highest BCUT2D eigenvalue weighted by atomic mass is 127. The first-order valence-electron chi connectivity index (χ1n) is 9.93. The van der Waals surface area contributed by atoms with Gasteiger partial charge >= 0.3 is 0 Å². The summed E-state index contributed by atoms with van der Waals surface area (Å²) in [6, 6.07) is 7.79. The van der Waals surface area contributed by atoms with Crippen LogP contribution >= 0.6 is 24.0 Å². The minimum atomic E-state index is -0.334. The van der Waals surface area contributed by atoms with E-state index in [9.17, 15) is 4.79 Å². The first kappa shape index (κ1) is 24.1. The number of aliphatic imine (C=N–C) groups is 1. The molecule has 164 valence electrons. The van der Waals surface area contributed by atoms with Crippen molar-refractivity contribution in [2.45, 2.75) is 45.9 Å². The van der Waals surface area contributed by atoms with Crippen molar-refractivity contribution in [3.63, 3.8) is 0 Å². The summed E-state index contributed by atoms with van der Waals surface area (Å²) in [5.74, 6) is 0.633. The van der Waals surface area contributed by atoms with Crippen molar-refractivity contribution in [3.05, 3.63) is 46.8 Å². The number of aromatic nitrogens is 2. The maximum absolute atomic E-state index is 12.2. The smallest absolute Gasteiger partial charge is 0.253 e. The lowest BCUT2D eigenvalue weighted by Gasteiger charge is -2.14. The Labute approximate surface area is 194 Å². The maximum Gasteiger partial charge on any atom is 0.253 e. The summed E-state index contributed by atoms with van der Waals surface area (Å²) in [6.07, 6.45) is 1.39. The van der Waals surface area contributed by atoms with Gasteiger partial charge in [0.15, 0.2) is 5.96 Å². The van der Waals surface area contributed by atoms with Gasteiger partial charge in [0, 0.05) is 50.7 Å². The number of aryl methyl sites for hydroxylation is 2. The van der Waals surface area contributed by atoms with Crippen LogP contribution in [0.4, 0.5) is 5.69 Å². The number of nitrogens with zero attached hydrogens (tertiary/aromatic N) is 3. The number of amides is 1. The average Bonchev–Trinajstić information content (AvgIpc) is 3.32. The van der Waals surface area contributed by atoms with E-state index in [1.165, 1.54) is 5.56 Å². The van der Waals surface area contributed by atoms with E-state index >= 15 is 0 Å². The lowest BCUT2D eigenvalue weighted by atomic mass is 10.2. The molecule has 1 unspecified atom stereocenters. The van der Waals surface area contributed by atoms with Gasteiger partial charge in [0.1, 0.15) is 6.10 Å². The Balaban J connectivity index is 0.00000320. The number of carbonyl (C=O) groups excluding carboxylic acids is 1. The van der Waals surface area contributed by atoms with E-state index in [1.807, 2.05) is 42.9 Å². The quantitative estimate of drug-likeness (QED) is 0.306. The van der Waals surface area contributed by atoms with Gasteiger partial charge in [-0.3, -0.25) is 14.5 Å². The second kappa shape index (κ2) is 11.3. The van der Waals surface area contributed by atoms with E-state index in [0.717, 1.165) is 35.5 Å². The zero-order valence-electron chi connectivity index (χ0n) is 18.0. The Kier molecular flexibility index (Phi) is 9.09. The van der Waals surface area contributed by atoms with Gasteiger partial charge in [-0.05, 0) is 44.4 Å². The Morgan fingerprint density at radius 1 is 1.30 bits per heavy atom. The Bertz CT molecular complexity index is 890. The first-order valence-corrected chi connectivity index (χ1v) is 9.93. The number of hydrogen-bond acceptors (Lipinski definition) is 4. The molecule has 1 amide bonds. The fourth-order valence-electron chi connectivity index (χ4n) is 3.42. The van der Waals surface area contributed by atoms with Crippen molar-refractivity contribution in [2.75, 3.05) is 19.0 Å². The van der Waals surface area contributed by atoms with Crippen molar-refractivity contribution in [1.82, 2.24) is 20.4 Å². The molecule has 0 aliphatic carbocycles. The molecule has 0 bridgehead atoms. The number of carbonyl (C=O) groups is 1.